The van der Waals surface area contributed by atoms with Crippen LogP contribution in [-0.2, 0) is 9.53 Å². The molecule has 0 radical (unpaired) electrons. The number of halogens is 1. The number of methoxy groups -OCH3 is 1. The molecule has 0 aliphatic heterocycles. The zero-order valence-electron chi connectivity index (χ0n) is 11.9. The van der Waals surface area contributed by atoms with Gasteiger partial charge in [0.05, 0.1) is 7.11 Å². The normalized spacial score (nSPS) is 14.2. The van der Waals surface area contributed by atoms with Gasteiger partial charge in [0.25, 0.3) is 0 Å². The van der Waals surface area contributed by atoms with Crippen LogP contribution in [0, 0.1) is 11.7 Å². The van der Waals surface area contributed by atoms with E-state index in [2.05, 4.69) is 5.32 Å². The quantitative estimate of drug-likeness (QED) is 0.805. The van der Waals surface area contributed by atoms with Gasteiger partial charge >= 0.3 is 5.97 Å². The first kappa shape index (κ1) is 15.6. The van der Waals surface area contributed by atoms with Crippen molar-refractivity contribution in [3.05, 3.63) is 35.6 Å². The Morgan fingerprint density at radius 3 is 2.32 bits per heavy atom. The predicted octanol–water partition coefficient (Wildman–Crippen LogP) is 3.06. The summed E-state index contributed by atoms with van der Waals surface area (Å²) in [6.07, 6.45) is 0.811. The standard InChI is InChI=1S/C15H22FNO2/c1-5-13(11-6-8-12(16)9-7-11)17-14(10(2)3)15(18)19-4/h6-10,13-14,17H,5H2,1-4H3/t13?,14-/m0/s1. The largest absolute Gasteiger partial charge is 0.468 e. The lowest BCUT2D eigenvalue weighted by molar-refractivity contribution is -0.144. The van der Waals surface area contributed by atoms with Crippen molar-refractivity contribution in [3.63, 3.8) is 0 Å². The number of esters is 1. The molecule has 3 nitrogen and oxygen atoms in total. The summed E-state index contributed by atoms with van der Waals surface area (Å²) in [5.41, 5.74) is 0.971. The molecular formula is C15H22FNO2. The van der Waals surface area contributed by atoms with Crippen LogP contribution in [0.2, 0.25) is 0 Å². The van der Waals surface area contributed by atoms with E-state index in [1.165, 1.54) is 19.2 Å². The lowest BCUT2D eigenvalue weighted by Crippen LogP contribution is -2.43. The maximum absolute atomic E-state index is 12.9. The minimum Gasteiger partial charge on any atom is -0.468 e. The number of ether oxygens (including phenoxy) is 1. The van der Waals surface area contributed by atoms with Gasteiger partial charge in [-0.15, -0.1) is 0 Å². The molecule has 0 saturated heterocycles. The maximum Gasteiger partial charge on any atom is 0.323 e. The molecule has 0 saturated carbocycles. The van der Waals surface area contributed by atoms with Crippen LogP contribution in [0.25, 0.3) is 0 Å². The summed E-state index contributed by atoms with van der Waals surface area (Å²) in [5.74, 6) is -0.399. The minimum atomic E-state index is -0.361. The van der Waals surface area contributed by atoms with Crippen molar-refractivity contribution in [2.45, 2.75) is 39.3 Å². The molecule has 0 aliphatic rings. The highest BCUT2D eigenvalue weighted by atomic mass is 19.1. The lowest BCUT2D eigenvalue weighted by atomic mass is 9.99. The zero-order chi connectivity index (χ0) is 14.4. The molecule has 1 rings (SSSR count). The summed E-state index contributed by atoms with van der Waals surface area (Å²) in [5, 5.41) is 3.29. The third-order valence-corrected chi connectivity index (χ3v) is 3.18. The second kappa shape index (κ2) is 7.24. The topological polar surface area (TPSA) is 38.3 Å². The van der Waals surface area contributed by atoms with Gasteiger partial charge in [-0.25, -0.2) is 4.39 Å². The highest BCUT2D eigenvalue weighted by molar-refractivity contribution is 5.76. The molecule has 106 valence electrons. The SMILES string of the molecule is CCC(N[C@H](C(=O)OC)C(C)C)c1ccc(F)cc1. The van der Waals surface area contributed by atoms with Crippen LogP contribution >= 0.6 is 0 Å². The van der Waals surface area contributed by atoms with Crippen LogP contribution in [0.1, 0.15) is 38.8 Å². The van der Waals surface area contributed by atoms with Crippen molar-refractivity contribution in [1.82, 2.24) is 5.32 Å². The van der Waals surface area contributed by atoms with Gasteiger partial charge in [0, 0.05) is 6.04 Å². The molecule has 0 aliphatic carbocycles. The number of hydrogen-bond donors (Lipinski definition) is 1. The van der Waals surface area contributed by atoms with Gasteiger partial charge in [-0.2, -0.15) is 0 Å². The number of benzene rings is 1. The first-order valence-electron chi connectivity index (χ1n) is 6.58. The maximum atomic E-state index is 12.9. The van der Waals surface area contributed by atoms with Crippen molar-refractivity contribution >= 4 is 5.97 Å². The van der Waals surface area contributed by atoms with Crippen molar-refractivity contribution in [2.24, 2.45) is 5.92 Å². The molecule has 0 aromatic heterocycles. The number of nitrogens with one attached hydrogen (secondary N) is 1. The molecule has 0 spiro atoms. The molecule has 0 fully saturated rings. The monoisotopic (exact) mass is 267 g/mol. The van der Waals surface area contributed by atoms with E-state index < -0.39 is 0 Å². The first-order chi connectivity index (χ1) is 8.99. The van der Waals surface area contributed by atoms with Gasteiger partial charge in [-0.05, 0) is 30.0 Å². The Morgan fingerprint density at radius 2 is 1.89 bits per heavy atom. The summed E-state index contributed by atoms with van der Waals surface area (Å²) in [6, 6.07) is 5.99. The van der Waals surface area contributed by atoms with Gasteiger partial charge in [0.1, 0.15) is 11.9 Å². The van der Waals surface area contributed by atoms with Gasteiger partial charge in [-0.1, -0.05) is 32.9 Å². The van der Waals surface area contributed by atoms with E-state index in [1.807, 2.05) is 20.8 Å². The molecule has 0 heterocycles. The van der Waals surface area contributed by atoms with Crippen LogP contribution < -0.4 is 5.32 Å². The average Bonchev–Trinajstić information content (AvgIpc) is 2.40. The minimum absolute atomic E-state index is 0.00657. The number of rotatable bonds is 6. The molecule has 2 atom stereocenters. The third-order valence-electron chi connectivity index (χ3n) is 3.18. The number of carbonyl (C=O) groups excluding carboxylic acids is 1. The lowest BCUT2D eigenvalue weighted by Gasteiger charge is -2.26. The Hall–Kier alpha value is -1.42. The fourth-order valence-electron chi connectivity index (χ4n) is 2.02. The summed E-state index contributed by atoms with van der Waals surface area (Å²) >= 11 is 0. The van der Waals surface area contributed by atoms with E-state index in [9.17, 15) is 9.18 Å². The van der Waals surface area contributed by atoms with E-state index in [4.69, 9.17) is 4.74 Å². The van der Waals surface area contributed by atoms with E-state index in [0.29, 0.717) is 0 Å². The van der Waals surface area contributed by atoms with Gasteiger partial charge in [0.2, 0.25) is 0 Å². The Morgan fingerprint density at radius 1 is 1.32 bits per heavy atom. The third kappa shape index (κ3) is 4.31. The predicted molar refractivity (Wildman–Crippen MR) is 73.2 cm³/mol. The zero-order valence-corrected chi connectivity index (χ0v) is 11.9. The highest BCUT2D eigenvalue weighted by Gasteiger charge is 2.25. The van der Waals surface area contributed by atoms with Gasteiger partial charge < -0.3 is 4.74 Å². The van der Waals surface area contributed by atoms with Crippen molar-refractivity contribution in [3.8, 4) is 0 Å². The molecule has 1 aromatic carbocycles. The van der Waals surface area contributed by atoms with Crippen molar-refractivity contribution in [2.75, 3.05) is 7.11 Å². The van der Waals surface area contributed by atoms with Crippen molar-refractivity contribution in [1.29, 1.82) is 0 Å². The Kier molecular flexibility index (Phi) is 5.96. The Bertz CT molecular complexity index is 403. The first-order valence-corrected chi connectivity index (χ1v) is 6.58. The van der Waals surface area contributed by atoms with Crippen LogP contribution in [0.3, 0.4) is 0 Å². The Labute approximate surface area is 114 Å². The summed E-state index contributed by atoms with van der Waals surface area (Å²) in [4.78, 5) is 11.7. The number of hydrogen-bond acceptors (Lipinski definition) is 3. The van der Waals surface area contributed by atoms with Crippen molar-refractivity contribution < 1.29 is 13.9 Å². The average molecular weight is 267 g/mol. The van der Waals surface area contributed by atoms with E-state index in [1.54, 1.807) is 12.1 Å². The fourth-order valence-corrected chi connectivity index (χ4v) is 2.02. The molecule has 19 heavy (non-hydrogen) atoms. The summed E-state index contributed by atoms with van der Waals surface area (Å²) in [7, 11) is 1.39. The molecule has 1 aromatic rings. The fraction of sp³-hybridized carbons (Fsp3) is 0.533. The molecule has 4 heteroatoms. The van der Waals surface area contributed by atoms with E-state index in [0.717, 1.165) is 12.0 Å². The van der Waals surface area contributed by atoms with E-state index in [-0.39, 0.29) is 29.8 Å². The number of carbonyl (C=O) groups is 1. The van der Waals surface area contributed by atoms with Crippen LogP contribution in [0.4, 0.5) is 4.39 Å². The summed E-state index contributed by atoms with van der Waals surface area (Å²) in [6.45, 7) is 5.95. The van der Waals surface area contributed by atoms with Gasteiger partial charge in [0.15, 0.2) is 0 Å². The van der Waals surface area contributed by atoms with Crippen LogP contribution in [0.15, 0.2) is 24.3 Å². The second-order valence-corrected chi connectivity index (χ2v) is 4.92. The molecule has 0 amide bonds. The Balaban J connectivity index is 2.85. The van der Waals surface area contributed by atoms with Gasteiger partial charge in [-0.3, -0.25) is 10.1 Å². The second-order valence-electron chi connectivity index (χ2n) is 4.92. The molecule has 0 bridgehead atoms. The molecule has 1 unspecified atom stereocenters. The van der Waals surface area contributed by atoms with Crippen LogP contribution in [0.5, 0.6) is 0 Å². The smallest absolute Gasteiger partial charge is 0.323 e. The van der Waals surface area contributed by atoms with Crippen LogP contribution in [-0.4, -0.2) is 19.1 Å². The highest BCUT2D eigenvalue weighted by Crippen LogP contribution is 2.19. The molecular weight excluding hydrogens is 245 g/mol. The molecule has 1 N–H and O–H groups in total. The van der Waals surface area contributed by atoms with E-state index >= 15 is 0 Å². The summed E-state index contributed by atoms with van der Waals surface area (Å²) < 4.78 is 17.7.